The summed E-state index contributed by atoms with van der Waals surface area (Å²) in [6.07, 6.45) is 1.98. The third kappa shape index (κ3) is 3.00. The van der Waals surface area contributed by atoms with E-state index >= 15 is 0 Å². The first-order valence-corrected chi connectivity index (χ1v) is 7.05. The molecule has 0 amide bonds. The molecule has 2 N–H and O–H groups in total. The highest BCUT2D eigenvalue weighted by Crippen LogP contribution is 2.34. The van der Waals surface area contributed by atoms with Crippen molar-refractivity contribution >= 4 is 11.4 Å². The van der Waals surface area contributed by atoms with Gasteiger partial charge in [-0.15, -0.1) is 0 Å². The lowest BCUT2D eigenvalue weighted by molar-refractivity contribution is 0.122. The highest BCUT2D eigenvalue weighted by atomic mass is 19.1. The lowest BCUT2D eigenvalue weighted by Gasteiger charge is -2.30. The van der Waals surface area contributed by atoms with E-state index in [1.807, 2.05) is 17.9 Å². The summed E-state index contributed by atoms with van der Waals surface area (Å²) >= 11 is 0. The van der Waals surface area contributed by atoms with Crippen LogP contribution in [0.5, 0.6) is 0 Å². The van der Waals surface area contributed by atoms with Crippen LogP contribution < -0.4 is 10.6 Å². The molecule has 4 heteroatoms. The minimum atomic E-state index is -0.150. The van der Waals surface area contributed by atoms with E-state index in [1.165, 1.54) is 0 Å². The summed E-state index contributed by atoms with van der Waals surface area (Å²) in [5.41, 5.74) is 7.87. The van der Waals surface area contributed by atoms with Gasteiger partial charge in [-0.3, -0.25) is 0 Å². The molecule has 0 aromatic heterocycles. The quantitative estimate of drug-likeness (QED) is 0.851. The predicted molar refractivity (Wildman–Crippen MR) is 77.2 cm³/mol. The molecular formula is C15H23FN2O. The topological polar surface area (TPSA) is 38.5 Å². The maximum atomic E-state index is 14.7. The molecule has 1 aromatic carbocycles. The number of ether oxygens (including phenoxy) is 1. The van der Waals surface area contributed by atoms with E-state index in [-0.39, 0.29) is 11.7 Å². The van der Waals surface area contributed by atoms with Gasteiger partial charge in [0.15, 0.2) is 5.82 Å². The molecule has 1 unspecified atom stereocenters. The first kappa shape index (κ1) is 14.1. The van der Waals surface area contributed by atoms with E-state index in [9.17, 15) is 4.39 Å². The molecule has 0 bridgehead atoms. The molecule has 1 aliphatic rings. The molecule has 106 valence electrons. The minimum absolute atomic E-state index is 0.150. The number of hydrogen-bond acceptors (Lipinski definition) is 3. The molecule has 1 aromatic rings. The SMILES string of the molecule is CCCC(C)c1c(N)ccc(N2CCOCC2)c1F. The Bertz CT molecular complexity index is 430. The summed E-state index contributed by atoms with van der Waals surface area (Å²) in [5, 5.41) is 0. The fourth-order valence-corrected chi connectivity index (χ4v) is 2.72. The van der Waals surface area contributed by atoms with Gasteiger partial charge in [-0.25, -0.2) is 4.39 Å². The maximum absolute atomic E-state index is 14.7. The molecule has 1 aliphatic heterocycles. The molecule has 0 spiro atoms. The van der Waals surface area contributed by atoms with Crippen LogP contribution in [-0.2, 0) is 4.74 Å². The lowest BCUT2D eigenvalue weighted by Crippen LogP contribution is -2.37. The zero-order valence-corrected chi connectivity index (χ0v) is 11.8. The summed E-state index contributed by atoms with van der Waals surface area (Å²) in [5.74, 6) is 0.00819. The fourth-order valence-electron chi connectivity index (χ4n) is 2.72. The van der Waals surface area contributed by atoms with Crippen LogP contribution in [0.2, 0.25) is 0 Å². The van der Waals surface area contributed by atoms with Crippen molar-refractivity contribution in [2.24, 2.45) is 0 Å². The maximum Gasteiger partial charge on any atom is 0.151 e. The van der Waals surface area contributed by atoms with Gasteiger partial charge in [-0.05, 0) is 24.5 Å². The van der Waals surface area contributed by atoms with Crippen LogP contribution >= 0.6 is 0 Å². The number of anilines is 2. The molecule has 19 heavy (non-hydrogen) atoms. The van der Waals surface area contributed by atoms with Gasteiger partial charge in [0.2, 0.25) is 0 Å². The van der Waals surface area contributed by atoms with Crippen molar-refractivity contribution in [3.63, 3.8) is 0 Å². The van der Waals surface area contributed by atoms with Gasteiger partial charge in [0, 0.05) is 24.3 Å². The molecule has 1 fully saturated rings. The van der Waals surface area contributed by atoms with Crippen LogP contribution in [0.1, 0.15) is 38.2 Å². The van der Waals surface area contributed by atoms with Crippen molar-refractivity contribution in [2.75, 3.05) is 36.9 Å². The average Bonchev–Trinajstić information content (AvgIpc) is 2.40. The summed E-state index contributed by atoms with van der Waals surface area (Å²) in [6.45, 7) is 6.94. The third-order valence-electron chi connectivity index (χ3n) is 3.76. The number of morpholine rings is 1. The van der Waals surface area contributed by atoms with Gasteiger partial charge >= 0.3 is 0 Å². The van der Waals surface area contributed by atoms with Crippen molar-refractivity contribution in [3.8, 4) is 0 Å². The van der Waals surface area contributed by atoms with E-state index < -0.39 is 0 Å². The summed E-state index contributed by atoms with van der Waals surface area (Å²) in [4.78, 5) is 2.04. The number of rotatable bonds is 4. The number of benzene rings is 1. The standard InChI is InChI=1S/C15H23FN2O/c1-3-4-11(2)14-12(17)5-6-13(15(14)16)18-7-9-19-10-8-18/h5-6,11H,3-4,7-10,17H2,1-2H3. The van der Waals surface area contributed by atoms with E-state index in [0.717, 1.165) is 25.9 Å². The first-order chi connectivity index (χ1) is 9.15. The van der Waals surface area contributed by atoms with Gasteiger partial charge in [0.25, 0.3) is 0 Å². The predicted octanol–water partition coefficient (Wildman–Crippen LogP) is 3.15. The van der Waals surface area contributed by atoms with E-state index in [1.54, 1.807) is 6.07 Å². The zero-order chi connectivity index (χ0) is 13.8. The summed E-state index contributed by atoms with van der Waals surface area (Å²) in [7, 11) is 0. The number of nitrogens with zero attached hydrogens (tertiary/aromatic N) is 1. The average molecular weight is 266 g/mol. The largest absolute Gasteiger partial charge is 0.398 e. The smallest absolute Gasteiger partial charge is 0.151 e. The molecule has 3 nitrogen and oxygen atoms in total. The highest BCUT2D eigenvalue weighted by Gasteiger charge is 2.21. The van der Waals surface area contributed by atoms with Crippen LogP contribution in [0.15, 0.2) is 12.1 Å². The van der Waals surface area contributed by atoms with Gasteiger partial charge in [0.05, 0.1) is 18.9 Å². The van der Waals surface area contributed by atoms with Crippen molar-refractivity contribution in [3.05, 3.63) is 23.5 Å². The van der Waals surface area contributed by atoms with Crippen LogP contribution in [0, 0.1) is 5.82 Å². The number of hydrogen-bond donors (Lipinski definition) is 1. The Morgan fingerprint density at radius 1 is 1.37 bits per heavy atom. The fraction of sp³-hybridized carbons (Fsp3) is 0.600. The first-order valence-electron chi connectivity index (χ1n) is 7.05. The van der Waals surface area contributed by atoms with E-state index in [4.69, 9.17) is 10.5 Å². The summed E-state index contributed by atoms with van der Waals surface area (Å²) in [6, 6.07) is 3.62. The number of halogens is 1. The van der Waals surface area contributed by atoms with Gasteiger partial charge < -0.3 is 15.4 Å². The molecule has 1 atom stereocenters. The molecule has 0 radical (unpaired) electrons. The molecule has 2 rings (SSSR count). The van der Waals surface area contributed by atoms with Crippen LogP contribution in [0.25, 0.3) is 0 Å². The van der Waals surface area contributed by atoms with Crippen molar-refractivity contribution in [1.29, 1.82) is 0 Å². The van der Waals surface area contributed by atoms with Crippen LogP contribution in [0.4, 0.5) is 15.8 Å². The van der Waals surface area contributed by atoms with Gasteiger partial charge in [0.1, 0.15) is 0 Å². The second kappa shape index (κ2) is 6.24. The normalized spacial score (nSPS) is 17.5. The van der Waals surface area contributed by atoms with Gasteiger partial charge in [-0.2, -0.15) is 0 Å². The Kier molecular flexibility index (Phi) is 4.64. The Morgan fingerprint density at radius 3 is 2.68 bits per heavy atom. The van der Waals surface area contributed by atoms with Crippen LogP contribution in [0.3, 0.4) is 0 Å². The molecule has 0 saturated carbocycles. The number of nitrogen functional groups attached to an aromatic ring is 1. The van der Waals surface area contributed by atoms with Crippen molar-refractivity contribution < 1.29 is 9.13 Å². The summed E-state index contributed by atoms with van der Waals surface area (Å²) < 4.78 is 20.0. The molecule has 0 aliphatic carbocycles. The Balaban J connectivity index is 2.32. The number of nitrogens with two attached hydrogens (primary N) is 1. The van der Waals surface area contributed by atoms with Crippen molar-refractivity contribution in [2.45, 2.75) is 32.6 Å². The van der Waals surface area contributed by atoms with Crippen LogP contribution in [-0.4, -0.2) is 26.3 Å². The molecule has 1 saturated heterocycles. The third-order valence-corrected chi connectivity index (χ3v) is 3.76. The van der Waals surface area contributed by atoms with E-state index in [2.05, 4.69) is 6.92 Å². The Morgan fingerprint density at radius 2 is 2.05 bits per heavy atom. The molecule has 1 heterocycles. The minimum Gasteiger partial charge on any atom is -0.398 e. The monoisotopic (exact) mass is 266 g/mol. The second-order valence-electron chi connectivity index (χ2n) is 5.19. The van der Waals surface area contributed by atoms with Gasteiger partial charge in [-0.1, -0.05) is 20.3 Å². The lowest BCUT2D eigenvalue weighted by atomic mass is 9.93. The van der Waals surface area contributed by atoms with E-state index in [0.29, 0.717) is 30.2 Å². The molecular weight excluding hydrogens is 243 g/mol. The Hall–Kier alpha value is -1.29. The highest BCUT2D eigenvalue weighted by molar-refractivity contribution is 5.61. The Labute approximate surface area is 114 Å². The zero-order valence-electron chi connectivity index (χ0n) is 11.8. The van der Waals surface area contributed by atoms with Crippen molar-refractivity contribution in [1.82, 2.24) is 0 Å². The second-order valence-corrected chi connectivity index (χ2v) is 5.19.